The van der Waals surface area contributed by atoms with E-state index in [2.05, 4.69) is 6.92 Å². The summed E-state index contributed by atoms with van der Waals surface area (Å²) in [5.74, 6) is 1.46. The molecule has 0 radical (unpaired) electrons. The van der Waals surface area contributed by atoms with E-state index in [1.54, 1.807) is 6.07 Å². The minimum atomic E-state index is -1.37. The highest BCUT2D eigenvalue weighted by Gasteiger charge is 2.39. The maximum atomic E-state index is 14.1. The predicted molar refractivity (Wildman–Crippen MR) is 125 cm³/mol. The Balaban J connectivity index is 1.22. The van der Waals surface area contributed by atoms with Crippen LogP contribution in [0, 0.1) is 47.0 Å². The topological polar surface area (TPSA) is 0 Å². The zero-order valence-corrected chi connectivity index (χ0v) is 19.4. The number of hydrogen-bond donors (Lipinski definition) is 0. The Morgan fingerprint density at radius 2 is 1.38 bits per heavy atom. The van der Waals surface area contributed by atoms with E-state index in [4.69, 9.17) is 0 Å². The van der Waals surface area contributed by atoms with Gasteiger partial charge in [-0.3, -0.25) is 0 Å². The standard InChI is InChI=1S/C29H37F3/c1-2-3-18-4-6-19(7-5-18)20-8-9-22-15-23(11-10-21(22)14-20)24-12-13-26-25(16-24)17-27(30)29(32)28(26)31/h12-13,16-23H,2-11,14-15H2,1H3. The number of rotatable bonds is 4. The monoisotopic (exact) mass is 442 g/mol. The molecule has 3 heteroatoms. The van der Waals surface area contributed by atoms with Gasteiger partial charge in [0.15, 0.2) is 17.5 Å². The van der Waals surface area contributed by atoms with Crippen molar-refractivity contribution < 1.29 is 13.2 Å². The molecule has 0 amide bonds. The van der Waals surface area contributed by atoms with Gasteiger partial charge in [0, 0.05) is 5.39 Å². The summed E-state index contributed by atoms with van der Waals surface area (Å²) >= 11 is 0. The van der Waals surface area contributed by atoms with Crippen molar-refractivity contribution in [1.29, 1.82) is 0 Å². The third kappa shape index (κ3) is 4.33. The molecule has 0 aliphatic heterocycles. The second-order valence-electron chi connectivity index (χ2n) is 11.1. The lowest BCUT2D eigenvalue weighted by molar-refractivity contribution is 0.0712. The van der Waals surface area contributed by atoms with Crippen LogP contribution in [-0.2, 0) is 0 Å². The van der Waals surface area contributed by atoms with E-state index in [1.165, 1.54) is 70.6 Å². The van der Waals surface area contributed by atoms with Crippen LogP contribution in [0.25, 0.3) is 10.8 Å². The van der Waals surface area contributed by atoms with Gasteiger partial charge in [-0.05, 0) is 104 Å². The molecule has 5 rings (SSSR count). The highest BCUT2D eigenvalue weighted by molar-refractivity contribution is 5.84. The zero-order chi connectivity index (χ0) is 22.2. The quantitative estimate of drug-likeness (QED) is 0.414. The molecule has 3 fully saturated rings. The van der Waals surface area contributed by atoms with Crippen LogP contribution in [0.2, 0.25) is 0 Å². The van der Waals surface area contributed by atoms with Gasteiger partial charge >= 0.3 is 0 Å². The van der Waals surface area contributed by atoms with E-state index in [0.717, 1.165) is 47.6 Å². The summed E-state index contributed by atoms with van der Waals surface area (Å²) in [7, 11) is 0. The Labute approximate surface area is 191 Å². The van der Waals surface area contributed by atoms with Gasteiger partial charge < -0.3 is 0 Å². The maximum Gasteiger partial charge on any atom is 0.195 e. The van der Waals surface area contributed by atoms with Crippen LogP contribution in [-0.4, -0.2) is 0 Å². The minimum absolute atomic E-state index is 0.176. The van der Waals surface area contributed by atoms with Gasteiger partial charge in [0.25, 0.3) is 0 Å². The van der Waals surface area contributed by atoms with Gasteiger partial charge in [-0.15, -0.1) is 0 Å². The normalized spacial score (nSPS) is 33.2. The fourth-order valence-corrected chi connectivity index (χ4v) is 7.59. The molecule has 0 heterocycles. The predicted octanol–water partition coefficient (Wildman–Crippen LogP) is 9.16. The molecule has 0 bridgehead atoms. The Morgan fingerprint density at radius 1 is 0.719 bits per heavy atom. The van der Waals surface area contributed by atoms with Gasteiger partial charge in [0.05, 0.1) is 0 Å². The number of halogens is 3. The van der Waals surface area contributed by atoms with E-state index in [1.807, 2.05) is 12.1 Å². The van der Waals surface area contributed by atoms with E-state index in [0.29, 0.717) is 11.3 Å². The smallest absolute Gasteiger partial charge is 0.195 e. The minimum Gasteiger partial charge on any atom is -0.204 e. The molecule has 4 unspecified atom stereocenters. The van der Waals surface area contributed by atoms with Crippen LogP contribution in [0.5, 0.6) is 0 Å². The van der Waals surface area contributed by atoms with Crippen molar-refractivity contribution >= 4 is 10.8 Å². The lowest BCUT2D eigenvalue weighted by atomic mass is 9.60. The first-order valence-corrected chi connectivity index (χ1v) is 13.1. The summed E-state index contributed by atoms with van der Waals surface area (Å²) < 4.78 is 41.4. The fraction of sp³-hybridized carbons (Fsp3) is 0.655. The third-order valence-corrected chi connectivity index (χ3v) is 9.38. The lowest BCUT2D eigenvalue weighted by Crippen LogP contribution is -2.34. The largest absolute Gasteiger partial charge is 0.204 e. The van der Waals surface area contributed by atoms with E-state index in [-0.39, 0.29) is 5.39 Å². The molecule has 0 saturated heterocycles. The van der Waals surface area contributed by atoms with Gasteiger partial charge in [0.2, 0.25) is 0 Å². The van der Waals surface area contributed by atoms with Crippen LogP contribution in [0.3, 0.4) is 0 Å². The first kappa shape index (κ1) is 22.3. The van der Waals surface area contributed by atoms with Crippen molar-refractivity contribution in [2.45, 2.75) is 89.9 Å². The second-order valence-corrected chi connectivity index (χ2v) is 11.1. The number of hydrogen-bond acceptors (Lipinski definition) is 0. The van der Waals surface area contributed by atoms with Crippen LogP contribution in [0.4, 0.5) is 13.2 Å². The van der Waals surface area contributed by atoms with Crippen molar-refractivity contribution in [3.63, 3.8) is 0 Å². The van der Waals surface area contributed by atoms with E-state index >= 15 is 0 Å². The van der Waals surface area contributed by atoms with Gasteiger partial charge in [-0.2, -0.15) is 0 Å². The first-order chi connectivity index (χ1) is 15.5. The second kappa shape index (κ2) is 9.39. The maximum absolute atomic E-state index is 14.1. The molecule has 4 atom stereocenters. The third-order valence-electron chi connectivity index (χ3n) is 9.38. The molecule has 3 aliphatic carbocycles. The Morgan fingerprint density at radius 3 is 2.12 bits per heavy atom. The molecule has 0 spiro atoms. The number of benzene rings is 2. The van der Waals surface area contributed by atoms with E-state index in [9.17, 15) is 13.2 Å². The molecular weight excluding hydrogens is 405 g/mol. The Kier molecular flexibility index (Phi) is 6.54. The highest BCUT2D eigenvalue weighted by Crippen LogP contribution is 2.51. The molecule has 0 N–H and O–H groups in total. The Hall–Kier alpha value is -1.51. The summed E-state index contributed by atoms with van der Waals surface area (Å²) in [5, 5.41) is 0.652. The first-order valence-electron chi connectivity index (χ1n) is 13.1. The molecule has 2 aromatic rings. The molecular formula is C29H37F3. The zero-order valence-electron chi connectivity index (χ0n) is 19.4. The summed E-state index contributed by atoms with van der Waals surface area (Å²) in [6.45, 7) is 2.32. The average molecular weight is 443 g/mol. The van der Waals surface area contributed by atoms with Gasteiger partial charge in [-0.1, -0.05) is 50.8 Å². The van der Waals surface area contributed by atoms with Crippen molar-refractivity contribution in [3.05, 3.63) is 47.3 Å². The SMILES string of the molecule is CCCC1CCC(C2CCC3CC(c4ccc5c(F)c(F)c(F)cc5c4)CCC3C2)CC1. The van der Waals surface area contributed by atoms with Crippen LogP contribution in [0.1, 0.15) is 95.5 Å². The summed E-state index contributed by atoms with van der Waals surface area (Å²) in [5.41, 5.74) is 1.16. The van der Waals surface area contributed by atoms with Gasteiger partial charge in [-0.25, -0.2) is 13.2 Å². The van der Waals surface area contributed by atoms with Crippen LogP contribution in [0.15, 0.2) is 24.3 Å². The summed E-state index contributed by atoms with van der Waals surface area (Å²) in [6.07, 6.45) is 16.4. The molecule has 2 aromatic carbocycles. The lowest BCUT2D eigenvalue weighted by Gasteiger charge is -2.45. The molecule has 0 nitrogen and oxygen atoms in total. The molecule has 3 saturated carbocycles. The molecule has 3 aliphatic rings. The summed E-state index contributed by atoms with van der Waals surface area (Å²) in [6, 6.07) is 6.62. The van der Waals surface area contributed by atoms with Crippen LogP contribution < -0.4 is 0 Å². The number of fused-ring (bicyclic) bond motifs is 2. The van der Waals surface area contributed by atoms with E-state index < -0.39 is 17.5 Å². The van der Waals surface area contributed by atoms with Crippen LogP contribution >= 0.6 is 0 Å². The molecule has 32 heavy (non-hydrogen) atoms. The molecule has 174 valence electrons. The van der Waals surface area contributed by atoms with Crippen molar-refractivity contribution in [2.75, 3.05) is 0 Å². The van der Waals surface area contributed by atoms with Crippen molar-refractivity contribution in [3.8, 4) is 0 Å². The molecule has 0 aromatic heterocycles. The summed E-state index contributed by atoms with van der Waals surface area (Å²) in [4.78, 5) is 0. The highest BCUT2D eigenvalue weighted by atomic mass is 19.2. The Bertz CT molecular complexity index is 943. The fourth-order valence-electron chi connectivity index (χ4n) is 7.59. The van der Waals surface area contributed by atoms with Crippen molar-refractivity contribution in [2.24, 2.45) is 29.6 Å². The van der Waals surface area contributed by atoms with Crippen molar-refractivity contribution in [1.82, 2.24) is 0 Å². The van der Waals surface area contributed by atoms with Gasteiger partial charge in [0.1, 0.15) is 0 Å². The average Bonchev–Trinajstić information content (AvgIpc) is 2.82.